The number of hydrogen-bond donors (Lipinski definition) is 0. The third-order valence-corrected chi connectivity index (χ3v) is 6.19. The van der Waals surface area contributed by atoms with E-state index in [1.165, 1.54) is 12.0 Å². The molecule has 154 valence electrons. The molecule has 0 aliphatic carbocycles. The Hall–Kier alpha value is -1.59. The zero-order chi connectivity index (χ0) is 19.9. The van der Waals surface area contributed by atoms with Crippen LogP contribution in [0.1, 0.15) is 37.7 Å². The fourth-order valence-electron chi connectivity index (χ4n) is 4.24. The summed E-state index contributed by atoms with van der Waals surface area (Å²) in [6, 6.07) is 8.09. The van der Waals surface area contributed by atoms with Crippen LogP contribution in [0.4, 0.5) is 0 Å². The molecule has 2 saturated heterocycles. The molecule has 28 heavy (non-hydrogen) atoms. The quantitative estimate of drug-likeness (QED) is 0.700. The van der Waals surface area contributed by atoms with Crippen molar-refractivity contribution < 1.29 is 9.59 Å². The third kappa shape index (κ3) is 6.21. The number of likely N-dealkylation sites (tertiary alicyclic amines) is 2. The molecule has 2 aliphatic heterocycles. The van der Waals surface area contributed by atoms with Crippen molar-refractivity contribution in [1.29, 1.82) is 0 Å². The molecule has 0 saturated carbocycles. The van der Waals surface area contributed by atoms with E-state index in [1.54, 1.807) is 4.90 Å². The van der Waals surface area contributed by atoms with Crippen LogP contribution in [0.5, 0.6) is 0 Å². The SMILES string of the molecule is CN(C[C@@H]1CCCN(CCc2ccc(Cl)cc2)C1)C(=O)CN1CCCCC1=O. The summed E-state index contributed by atoms with van der Waals surface area (Å²) >= 11 is 5.96. The molecule has 0 unspecified atom stereocenters. The van der Waals surface area contributed by atoms with Gasteiger partial charge in [0.25, 0.3) is 0 Å². The van der Waals surface area contributed by atoms with Crippen LogP contribution in [-0.4, -0.2) is 72.8 Å². The smallest absolute Gasteiger partial charge is 0.241 e. The average molecular weight is 406 g/mol. The van der Waals surface area contributed by atoms with Gasteiger partial charge in [-0.05, 0) is 62.3 Å². The zero-order valence-corrected chi connectivity index (χ0v) is 17.7. The second-order valence-corrected chi connectivity index (χ2v) is 8.67. The highest BCUT2D eigenvalue weighted by Gasteiger charge is 2.25. The highest BCUT2D eigenvalue weighted by Crippen LogP contribution is 2.19. The van der Waals surface area contributed by atoms with Gasteiger partial charge in [-0.15, -0.1) is 0 Å². The van der Waals surface area contributed by atoms with Crippen LogP contribution in [0, 0.1) is 5.92 Å². The Morgan fingerprint density at radius 3 is 2.71 bits per heavy atom. The van der Waals surface area contributed by atoms with E-state index in [-0.39, 0.29) is 18.4 Å². The first-order valence-electron chi connectivity index (χ1n) is 10.5. The maximum Gasteiger partial charge on any atom is 0.241 e. The second kappa shape index (κ2) is 10.3. The van der Waals surface area contributed by atoms with Gasteiger partial charge in [-0.1, -0.05) is 23.7 Å². The zero-order valence-electron chi connectivity index (χ0n) is 16.9. The summed E-state index contributed by atoms with van der Waals surface area (Å²) in [5.41, 5.74) is 1.31. The molecule has 2 amide bonds. The molecule has 0 bridgehead atoms. The van der Waals surface area contributed by atoms with Crippen LogP contribution in [0.15, 0.2) is 24.3 Å². The summed E-state index contributed by atoms with van der Waals surface area (Å²) in [6.07, 6.45) is 5.91. The molecule has 5 nitrogen and oxygen atoms in total. The second-order valence-electron chi connectivity index (χ2n) is 8.23. The molecule has 2 fully saturated rings. The van der Waals surface area contributed by atoms with Gasteiger partial charge in [0.15, 0.2) is 0 Å². The van der Waals surface area contributed by atoms with Crippen molar-refractivity contribution in [3.8, 4) is 0 Å². The van der Waals surface area contributed by atoms with Gasteiger partial charge in [0.2, 0.25) is 11.8 Å². The van der Waals surface area contributed by atoms with E-state index >= 15 is 0 Å². The third-order valence-electron chi connectivity index (χ3n) is 5.94. The summed E-state index contributed by atoms with van der Waals surface area (Å²) < 4.78 is 0. The van der Waals surface area contributed by atoms with Crippen molar-refractivity contribution in [3.05, 3.63) is 34.9 Å². The van der Waals surface area contributed by atoms with Gasteiger partial charge >= 0.3 is 0 Å². The van der Waals surface area contributed by atoms with Crippen molar-refractivity contribution in [2.75, 3.05) is 46.3 Å². The first kappa shape index (κ1) is 21.1. The minimum absolute atomic E-state index is 0.0635. The van der Waals surface area contributed by atoms with Gasteiger partial charge in [-0.3, -0.25) is 9.59 Å². The number of carbonyl (C=O) groups excluding carboxylic acids is 2. The maximum atomic E-state index is 12.6. The van der Waals surface area contributed by atoms with Gasteiger partial charge in [-0.25, -0.2) is 0 Å². The van der Waals surface area contributed by atoms with Crippen LogP contribution in [0.25, 0.3) is 0 Å². The van der Waals surface area contributed by atoms with Crippen LogP contribution >= 0.6 is 11.6 Å². The molecule has 0 aromatic heterocycles. The van der Waals surface area contributed by atoms with Crippen LogP contribution in [-0.2, 0) is 16.0 Å². The molecule has 0 radical (unpaired) electrons. The summed E-state index contributed by atoms with van der Waals surface area (Å²) in [5.74, 6) is 0.692. The molecule has 6 heteroatoms. The van der Waals surface area contributed by atoms with E-state index in [0.29, 0.717) is 12.3 Å². The lowest BCUT2D eigenvalue weighted by atomic mass is 9.97. The van der Waals surface area contributed by atoms with Crippen molar-refractivity contribution in [3.63, 3.8) is 0 Å². The van der Waals surface area contributed by atoms with E-state index in [1.807, 2.05) is 24.1 Å². The lowest BCUT2D eigenvalue weighted by Crippen LogP contribution is -2.46. The number of carbonyl (C=O) groups is 2. The van der Waals surface area contributed by atoms with E-state index in [0.717, 1.165) is 63.4 Å². The summed E-state index contributed by atoms with van der Waals surface area (Å²) in [7, 11) is 1.88. The van der Waals surface area contributed by atoms with Crippen molar-refractivity contribution in [1.82, 2.24) is 14.7 Å². The lowest BCUT2D eigenvalue weighted by molar-refractivity contribution is -0.141. The largest absolute Gasteiger partial charge is 0.344 e. The first-order chi connectivity index (χ1) is 13.5. The Kier molecular flexibility index (Phi) is 7.74. The molecule has 0 spiro atoms. The van der Waals surface area contributed by atoms with Crippen molar-refractivity contribution in [2.45, 2.75) is 38.5 Å². The summed E-state index contributed by atoms with van der Waals surface area (Å²) in [6.45, 7) is 4.94. The van der Waals surface area contributed by atoms with Crippen molar-refractivity contribution in [2.24, 2.45) is 5.92 Å². The molecule has 2 aliphatic rings. The van der Waals surface area contributed by atoms with Crippen LogP contribution in [0.3, 0.4) is 0 Å². The topological polar surface area (TPSA) is 43.9 Å². The molecular weight excluding hydrogens is 374 g/mol. The molecule has 1 aromatic rings. The molecule has 1 atom stereocenters. The van der Waals surface area contributed by atoms with Gasteiger partial charge < -0.3 is 14.7 Å². The molecule has 1 aromatic carbocycles. The monoisotopic (exact) mass is 405 g/mol. The molecule has 2 heterocycles. The Bertz CT molecular complexity index is 664. The summed E-state index contributed by atoms with van der Waals surface area (Å²) in [5, 5.41) is 0.778. The normalized spacial score (nSPS) is 21.0. The Morgan fingerprint density at radius 2 is 1.96 bits per heavy atom. The number of halogens is 1. The Balaban J connectivity index is 1.42. The number of piperidine rings is 2. The first-order valence-corrected chi connectivity index (χ1v) is 10.9. The number of likely N-dealkylation sites (N-methyl/N-ethyl adjacent to an activating group) is 1. The summed E-state index contributed by atoms with van der Waals surface area (Å²) in [4.78, 5) is 30.6. The average Bonchev–Trinajstić information content (AvgIpc) is 2.69. The van der Waals surface area contributed by atoms with E-state index in [2.05, 4.69) is 17.0 Å². The number of rotatable bonds is 7. The number of benzene rings is 1. The van der Waals surface area contributed by atoms with E-state index in [4.69, 9.17) is 11.6 Å². The molecular formula is C22H32ClN3O2. The number of nitrogens with zero attached hydrogens (tertiary/aromatic N) is 3. The minimum Gasteiger partial charge on any atom is -0.344 e. The highest BCUT2D eigenvalue weighted by atomic mass is 35.5. The van der Waals surface area contributed by atoms with Gasteiger partial charge in [-0.2, -0.15) is 0 Å². The van der Waals surface area contributed by atoms with Gasteiger partial charge in [0.05, 0.1) is 6.54 Å². The highest BCUT2D eigenvalue weighted by molar-refractivity contribution is 6.30. The van der Waals surface area contributed by atoms with Crippen molar-refractivity contribution >= 4 is 23.4 Å². The lowest BCUT2D eigenvalue weighted by Gasteiger charge is -2.35. The Morgan fingerprint density at radius 1 is 1.18 bits per heavy atom. The van der Waals surface area contributed by atoms with Crippen LogP contribution < -0.4 is 0 Å². The van der Waals surface area contributed by atoms with E-state index in [9.17, 15) is 9.59 Å². The molecule has 3 rings (SSSR count). The van der Waals surface area contributed by atoms with Crippen LogP contribution in [0.2, 0.25) is 5.02 Å². The van der Waals surface area contributed by atoms with E-state index < -0.39 is 0 Å². The maximum absolute atomic E-state index is 12.6. The standard InChI is InChI=1S/C22H32ClN3O2/c1-24(22(28)17-26-13-3-2-6-21(26)27)15-19-5-4-12-25(16-19)14-11-18-7-9-20(23)10-8-18/h7-10,19H,2-6,11-17H2,1H3/t19-/m0/s1. The Labute approximate surface area is 173 Å². The number of hydrogen-bond acceptors (Lipinski definition) is 3. The van der Waals surface area contributed by atoms with Gasteiger partial charge in [0.1, 0.15) is 0 Å². The van der Waals surface area contributed by atoms with Gasteiger partial charge in [0, 0.05) is 44.7 Å². The fourth-order valence-corrected chi connectivity index (χ4v) is 4.37. The minimum atomic E-state index is 0.0635. The molecule has 0 N–H and O–H groups in total. The number of amides is 2. The predicted octanol–water partition coefficient (Wildman–Crippen LogP) is 3.07. The predicted molar refractivity (Wildman–Crippen MR) is 112 cm³/mol. The fraction of sp³-hybridized carbons (Fsp3) is 0.636.